The Morgan fingerprint density at radius 2 is 2.12 bits per heavy atom. The molecule has 0 unspecified atom stereocenters. The van der Waals surface area contributed by atoms with E-state index in [1.54, 1.807) is 6.92 Å². The maximum Gasteiger partial charge on any atom is 0.103 e. The van der Waals surface area contributed by atoms with Gasteiger partial charge in [0.25, 0.3) is 0 Å². The van der Waals surface area contributed by atoms with Gasteiger partial charge in [-0.1, -0.05) is 0 Å². The summed E-state index contributed by atoms with van der Waals surface area (Å²) in [6, 6.07) is 0. The molecule has 0 heterocycles. The number of hydrogen-bond donors (Lipinski definition) is 2. The van der Waals surface area contributed by atoms with Gasteiger partial charge in [-0.25, -0.2) is 0 Å². The summed E-state index contributed by atoms with van der Waals surface area (Å²) in [4.78, 5) is 0. The first-order valence-electron chi connectivity index (χ1n) is 2.54. The van der Waals surface area contributed by atoms with Crippen molar-refractivity contribution < 1.29 is 14.9 Å². The van der Waals surface area contributed by atoms with Crippen LogP contribution in [0.5, 0.6) is 0 Å². The van der Waals surface area contributed by atoms with Crippen LogP contribution in [0.4, 0.5) is 0 Å². The number of aliphatic hydroxyl groups excluding tert-OH is 2. The first kappa shape index (κ1) is 7.88. The highest BCUT2D eigenvalue weighted by Crippen LogP contribution is 1.93. The number of aliphatic hydroxyl groups is 2. The molecule has 0 saturated heterocycles. The SMILES string of the molecule is CO[C@H](C)[C@H](O)CO. The van der Waals surface area contributed by atoms with E-state index in [1.165, 1.54) is 7.11 Å². The molecule has 0 bridgehead atoms. The highest BCUT2D eigenvalue weighted by molar-refractivity contribution is 4.59. The minimum atomic E-state index is -0.750. The van der Waals surface area contributed by atoms with Gasteiger partial charge < -0.3 is 14.9 Å². The smallest absolute Gasteiger partial charge is 0.103 e. The van der Waals surface area contributed by atoms with Crippen LogP contribution in [-0.2, 0) is 4.74 Å². The highest BCUT2D eigenvalue weighted by atomic mass is 16.5. The van der Waals surface area contributed by atoms with Gasteiger partial charge in [-0.3, -0.25) is 0 Å². The molecule has 0 rings (SSSR count). The predicted molar refractivity (Wildman–Crippen MR) is 29.6 cm³/mol. The van der Waals surface area contributed by atoms with Crippen molar-refractivity contribution in [2.45, 2.75) is 19.1 Å². The highest BCUT2D eigenvalue weighted by Gasteiger charge is 2.09. The molecule has 0 radical (unpaired) electrons. The number of hydrogen-bond acceptors (Lipinski definition) is 3. The first-order valence-corrected chi connectivity index (χ1v) is 2.54. The molecule has 0 saturated carbocycles. The zero-order chi connectivity index (χ0) is 6.57. The lowest BCUT2D eigenvalue weighted by Gasteiger charge is -2.13. The van der Waals surface area contributed by atoms with E-state index >= 15 is 0 Å². The number of rotatable bonds is 3. The van der Waals surface area contributed by atoms with E-state index in [-0.39, 0.29) is 12.7 Å². The molecular formula is C5H12O3. The maximum absolute atomic E-state index is 8.75. The Labute approximate surface area is 48.9 Å². The van der Waals surface area contributed by atoms with Crippen LogP contribution in [0.2, 0.25) is 0 Å². The number of ether oxygens (including phenoxy) is 1. The molecule has 8 heavy (non-hydrogen) atoms. The van der Waals surface area contributed by atoms with Crippen molar-refractivity contribution in [3.63, 3.8) is 0 Å². The van der Waals surface area contributed by atoms with Crippen LogP contribution in [0, 0.1) is 0 Å². The fourth-order valence-electron chi connectivity index (χ4n) is 0.306. The van der Waals surface area contributed by atoms with Crippen molar-refractivity contribution in [3.8, 4) is 0 Å². The monoisotopic (exact) mass is 120 g/mol. The lowest BCUT2D eigenvalue weighted by molar-refractivity contribution is -0.0276. The van der Waals surface area contributed by atoms with Gasteiger partial charge in [0.15, 0.2) is 0 Å². The average Bonchev–Trinajstić information content (AvgIpc) is 1.84. The minimum absolute atomic E-state index is 0.241. The quantitative estimate of drug-likeness (QED) is 0.521. The predicted octanol–water partition coefficient (Wildman–Crippen LogP) is -0.626. The molecule has 0 spiro atoms. The third-order valence-corrected chi connectivity index (χ3v) is 1.10. The summed E-state index contributed by atoms with van der Waals surface area (Å²) in [6.45, 7) is 1.45. The molecule has 3 nitrogen and oxygen atoms in total. The Balaban J connectivity index is 3.29. The topological polar surface area (TPSA) is 49.7 Å². The standard InChI is InChI=1S/C5H12O3/c1-4(8-2)5(7)3-6/h4-7H,3H2,1-2H3/t4-,5-/m1/s1. The van der Waals surface area contributed by atoms with Crippen LogP contribution < -0.4 is 0 Å². The van der Waals surface area contributed by atoms with Crippen LogP contribution in [0.3, 0.4) is 0 Å². The summed E-state index contributed by atoms with van der Waals surface area (Å²) < 4.78 is 4.69. The van der Waals surface area contributed by atoms with Crippen molar-refractivity contribution in [1.29, 1.82) is 0 Å². The molecule has 0 aliphatic heterocycles. The van der Waals surface area contributed by atoms with Gasteiger partial charge >= 0.3 is 0 Å². The molecule has 3 heteroatoms. The molecule has 0 amide bonds. The lowest BCUT2D eigenvalue weighted by Crippen LogP contribution is -2.27. The van der Waals surface area contributed by atoms with E-state index in [9.17, 15) is 0 Å². The molecule has 0 aromatic rings. The second-order valence-electron chi connectivity index (χ2n) is 1.69. The Hall–Kier alpha value is -0.120. The lowest BCUT2D eigenvalue weighted by atomic mass is 10.2. The summed E-state index contributed by atoms with van der Waals surface area (Å²) in [5.74, 6) is 0. The summed E-state index contributed by atoms with van der Waals surface area (Å²) in [5.41, 5.74) is 0. The van der Waals surface area contributed by atoms with Gasteiger partial charge in [0.1, 0.15) is 6.10 Å². The van der Waals surface area contributed by atoms with E-state index in [0.29, 0.717) is 0 Å². The molecule has 0 aliphatic carbocycles. The number of methoxy groups -OCH3 is 1. The molecule has 0 aliphatic rings. The Bertz CT molecular complexity index is 47.6. The van der Waals surface area contributed by atoms with Crippen molar-refractivity contribution in [3.05, 3.63) is 0 Å². The van der Waals surface area contributed by atoms with Gasteiger partial charge in [-0.05, 0) is 6.92 Å². The summed E-state index contributed by atoms with van der Waals surface area (Å²) >= 11 is 0. The van der Waals surface area contributed by atoms with Crippen LogP contribution in [0.25, 0.3) is 0 Å². The minimum Gasteiger partial charge on any atom is -0.394 e. The molecular weight excluding hydrogens is 108 g/mol. The van der Waals surface area contributed by atoms with E-state index in [0.717, 1.165) is 0 Å². The molecule has 50 valence electrons. The summed E-state index contributed by atoms with van der Waals surface area (Å²) in [6.07, 6.45) is -1.03. The third kappa shape index (κ3) is 2.26. The molecule has 0 aromatic carbocycles. The van der Waals surface area contributed by atoms with Gasteiger partial charge in [0.05, 0.1) is 12.7 Å². The zero-order valence-electron chi connectivity index (χ0n) is 5.16. The molecule has 2 atom stereocenters. The second kappa shape index (κ2) is 3.83. The van der Waals surface area contributed by atoms with Crippen molar-refractivity contribution >= 4 is 0 Å². The summed E-state index contributed by atoms with van der Waals surface area (Å²) in [5, 5.41) is 17.1. The van der Waals surface area contributed by atoms with Crippen molar-refractivity contribution in [1.82, 2.24) is 0 Å². The molecule has 2 N–H and O–H groups in total. The van der Waals surface area contributed by atoms with Crippen molar-refractivity contribution in [2.24, 2.45) is 0 Å². The van der Waals surface area contributed by atoms with Crippen LogP contribution in [0.1, 0.15) is 6.92 Å². The largest absolute Gasteiger partial charge is 0.394 e. The first-order chi connectivity index (χ1) is 3.72. The van der Waals surface area contributed by atoms with E-state index in [4.69, 9.17) is 14.9 Å². The average molecular weight is 120 g/mol. The third-order valence-electron chi connectivity index (χ3n) is 1.10. The van der Waals surface area contributed by atoms with Gasteiger partial charge in [0, 0.05) is 7.11 Å². The molecule has 0 fully saturated rings. The maximum atomic E-state index is 8.75. The van der Waals surface area contributed by atoms with Crippen molar-refractivity contribution in [2.75, 3.05) is 13.7 Å². The van der Waals surface area contributed by atoms with Crippen LogP contribution in [-0.4, -0.2) is 36.1 Å². The van der Waals surface area contributed by atoms with Gasteiger partial charge in [-0.15, -0.1) is 0 Å². The van der Waals surface area contributed by atoms with Crippen LogP contribution >= 0.6 is 0 Å². The van der Waals surface area contributed by atoms with E-state index < -0.39 is 6.10 Å². The Morgan fingerprint density at radius 3 is 2.25 bits per heavy atom. The van der Waals surface area contributed by atoms with Gasteiger partial charge in [0.2, 0.25) is 0 Å². The van der Waals surface area contributed by atoms with E-state index in [1.807, 2.05) is 0 Å². The Kier molecular flexibility index (Phi) is 3.77. The second-order valence-corrected chi connectivity index (χ2v) is 1.69. The normalized spacial score (nSPS) is 18.0. The fraction of sp³-hybridized carbons (Fsp3) is 1.00. The zero-order valence-corrected chi connectivity index (χ0v) is 5.16. The van der Waals surface area contributed by atoms with Crippen LogP contribution in [0.15, 0.2) is 0 Å². The fourth-order valence-corrected chi connectivity index (χ4v) is 0.306. The van der Waals surface area contributed by atoms with Gasteiger partial charge in [-0.2, -0.15) is 0 Å². The molecule has 0 aromatic heterocycles. The van der Waals surface area contributed by atoms with E-state index in [2.05, 4.69) is 0 Å². The Morgan fingerprint density at radius 1 is 1.62 bits per heavy atom. The summed E-state index contributed by atoms with van der Waals surface area (Å²) in [7, 11) is 1.49.